The van der Waals surface area contributed by atoms with E-state index in [0.29, 0.717) is 45.6 Å². The van der Waals surface area contributed by atoms with Gasteiger partial charge >= 0.3 is 0 Å². The van der Waals surface area contributed by atoms with E-state index in [9.17, 15) is 18.4 Å². The summed E-state index contributed by atoms with van der Waals surface area (Å²) in [5.41, 5.74) is 5.00. The van der Waals surface area contributed by atoms with Gasteiger partial charge in [0.2, 0.25) is 11.8 Å². The van der Waals surface area contributed by atoms with Crippen LogP contribution in [0.3, 0.4) is 0 Å². The third kappa shape index (κ3) is 5.16. The van der Waals surface area contributed by atoms with Crippen LogP contribution in [0.4, 0.5) is 14.5 Å². The van der Waals surface area contributed by atoms with E-state index in [4.69, 9.17) is 0 Å². The van der Waals surface area contributed by atoms with E-state index in [1.54, 1.807) is 24.3 Å². The summed E-state index contributed by atoms with van der Waals surface area (Å²) in [6.45, 7) is 3.03. The highest BCUT2D eigenvalue weighted by molar-refractivity contribution is 5.91. The average molecular weight is 537 g/mol. The summed E-state index contributed by atoms with van der Waals surface area (Å²) in [7, 11) is 0. The zero-order valence-corrected chi connectivity index (χ0v) is 21.9. The second-order valence-electron chi connectivity index (χ2n) is 10.8. The van der Waals surface area contributed by atoms with Crippen LogP contribution in [0.5, 0.6) is 0 Å². The topological polar surface area (TPSA) is 71.5 Å². The maximum Gasteiger partial charge on any atom is 0.231 e. The summed E-state index contributed by atoms with van der Waals surface area (Å²) < 4.78 is 26.7. The first-order valence-electron chi connectivity index (χ1n) is 13.9. The number of nitrogens with zero attached hydrogens (tertiary/aromatic N) is 5. The van der Waals surface area contributed by atoms with Crippen molar-refractivity contribution in [2.24, 2.45) is 11.0 Å². The van der Waals surface area contributed by atoms with Crippen LogP contribution in [0.15, 0.2) is 53.6 Å². The van der Waals surface area contributed by atoms with Gasteiger partial charge in [-0.25, -0.2) is 8.78 Å². The van der Waals surface area contributed by atoms with Gasteiger partial charge in [-0.1, -0.05) is 25.0 Å². The minimum atomic E-state index is -0.397. The van der Waals surface area contributed by atoms with Crippen LogP contribution in [0.2, 0.25) is 0 Å². The van der Waals surface area contributed by atoms with Crippen LogP contribution in [-0.4, -0.2) is 70.9 Å². The van der Waals surface area contributed by atoms with Gasteiger partial charge in [0, 0.05) is 57.3 Å². The second-order valence-corrected chi connectivity index (χ2v) is 10.8. The minimum absolute atomic E-state index is 0.0730. The number of carbonyl (C=O) groups is 2. The molecule has 3 aliphatic heterocycles. The molecule has 0 aromatic heterocycles. The molecule has 1 aliphatic carbocycles. The van der Waals surface area contributed by atoms with Gasteiger partial charge in [-0.15, -0.1) is 0 Å². The van der Waals surface area contributed by atoms with Gasteiger partial charge in [-0.3, -0.25) is 19.9 Å². The van der Waals surface area contributed by atoms with Crippen LogP contribution in [0, 0.1) is 17.6 Å². The van der Waals surface area contributed by atoms with Crippen LogP contribution in [0.25, 0.3) is 0 Å². The SMILES string of the molecule is O=C(CCC1=NNC2N(Cc3ccc(F)cc3)C(=O)C3CCCCC3N12)N1CCN(c2ccc(F)cc2)CC1. The largest absolute Gasteiger partial charge is 0.368 e. The van der Waals surface area contributed by atoms with Gasteiger partial charge in [0.25, 0.3) is 0 Å². The fraction of sp³-hybridized carbons (Fsp3) is 0.483. The van der Waals surface area contributed by atoms with Crippen molar-refractivity contribution in [3.05, 3.63) is 65.7 Å². The Hall–Kier alpha value is -3.69. The molecule has 6 rings (SSSR count). The van der Waals surface area contributed by atoms with Gasteiger partial charge in [0.15, 0.2) is 6.29 Å². The Bertz CT molecular complexity index is 1230. The molecule has 2 amide bonds. The molecule has 0 bridgehead atoms. The molecule has 2 saturated heterocycles. The Morgan fingerprint density at radius 2 is 1.59 bits per heavy atom. The van der Waals surface area contributed by atoms with Crippen molar-refractivity contribution in [3.63, 3.8) is 0 Å². The number of amidine groups is 1. The monoisotopic (exact) mass is 536 g/mol. The van der Waals surface area contributed by atoms with Crippen molar-refractivity contribution in [1.82, 2.24) is 20.1 Å². The summed E-state index contributed by atoms with van der Waals surface area (Å²) in [5, 5.41) is 4.62. The van der Waals surface area contributed by atoms with E-state index >= 15 is 0 Å². The van der Waals surface area contributed by atoms with Crippen molar-refractivity contribution < 1.29 is 18.4 Å². The normalized spacial score (nSPS) is 24.7. The molecule has 2 aromatic carbocycles. The van der Waals surface area contributed by atoms with Gasteiger partial charge < -0.3 is 14.7 Å². The number of hydrazone groups is 1. The van der Waals surface area contributed by atoms with Crippen LogP contribution < -0.4 is 10.3 Å². The third-order valence-corrected chi connectivity index (χ3v) is 8.51. The highest BCUT2D eigenvalue weighted by Crippen LogP contribution is 2.38. The summed E-state index contributed by atoms with van der Waals surface area (Å²) >= 11 is 0. The van der Waals surface area contributed by atoms with E-state index in [2.05, 4.69) is 20.3 Å². The molecule has 1 saturated carbocycles. The quantitative estimate of drug-likeness (QED) is 0.612. The molecule has 2 aromatic rings. The second kappa shape index (κ2) is 10.8. The molecule has 3 fully saturated rings. The summed E-state index contributed by atoms with van der Waals surface area (Å²) in [4.78, 5) is 34.8. The van der Waals surface area contributed by atoms with E-state index in [1.807, 2.05) is 9.80 Å². The molecule has 0 spiro atoms. The van der Waals surface area contributed by atoms with Crippen molar-refractivity contribution in [2.45, 2.75) is 57.4 Å². The maximum atomic E-state index is 13.5. The number of piperazine rings is 1. The molecule has 3 atom stereocenters. The molecule has 206 valence electrons. The molecular formula is C29H34F2N6O2. The molecule has 3 unspecified atom stereocenters. The zero-order chi connectivity index (χ0) is 26.9. The average Bonchev–Trinajstić information content (AvgIpc) is 3.39. The Balaban J connectivity index is 1.09. The molecule has 8 nitrogen and oxygen atoms in total. The van der Waals surface area contributed by atoms with E-state index in [0.717, 1.165) is 42.8 Å². The smallest absolute Gasteiger partial charge is 0.231 e. The molecular weight excluding hydrogens is 502 g/mol. The molecule has 4 aliphatic rings. The van der Waals surface area contributed by atoms with Gasteiger partial charge in [0.1, 0.15) is 17.5 Å². The van der Waals surface area contributed by atoms with E-state index in [-0.39, 0.29) is 35.4 Å². The number of amides is 2. The number of benzene rings is 2. The lowest BCUT2D eigenvalue weighted by Gasteiger charge is -2.50. The molecule has 39 heavy (non-hydrogen) atoms. The standard InChI is InChI=1S/C29H34F2N6O2/c30-21-7-5-20(6-8-21)19-36-28(39)24-3-1-2-4-25(24)37-26(32-33-29(36)37)13-14-27(38)35-17-15-34(16-18-35)23-11-9-22(31)10-12-23/h5-12,24-25,29,33H,1-4,13-19H2. The van der Waals surface area contributed by atoms with Crippen LogP contribution in [-0.2, 0) is 16.1 Å². The number of halogens is 2. The fourth-order valence-electron chi connectivity index (χ4n) is 6.43. The van der Waals surface area contributed by atoms with Gasteiger partial charge in [-0.2, -0.15) is 5.10 Å². The van der Waals surface area contributed by atoms with Crippen LogP contribution >= 0.6 is 0 Å². The van der Waals surface area contributed by atoms with Crippen molar-refractivity contribution in [3.8, 4) is 0 Å². The highest BCUT2D eigenvalue weighted by Gasteiger charge is 2.50. The Kier molecular flexibility index (Phi) is 7.10. The number of fused-ring (bicyclic) bond motifs is 3. The first kappa shape index (κ1) is 25.6. The van der Waals surface area contributed by atoms with E-state index < -0.39 is 6.29 Å². The fourth-order valence-corrected chi connectivity index (χ4v) is 6.43. The summed E-state index contributed by atoms with van der Waals surface area (Å²) in [5.74, 6) is 0.377. The first-order chi connectivity index (χ1) is 19.0. The predicted molar refractivity (Wildman–Crippen MR) is 143 cm³/mol. The number of hydrogen-bond donors (Lipinski definition) is 1. The number of nitrogens with one attached hydrogen (secondary N) is 1. The lowest BCUT2D eigenvalue weighted by atomic mass is 9.80. The third-order valence-electron chi connectivity index (χ3n) is 8.51. The zero-order valence-electron chi connectivity index (χ0n) is 21.9. The number of carbonyl (C=O) groups excluding carboxylic acids is 2. The maximum absolute atomic E-state index is 13.5. The van der Waals surface area contributed by atoms with Gasteiger partial charge in [-0.05, 0) is 54.8 Å². The lowest BCUT2D eigenvalue weighted by molar-refractivity contribution is -0.156. The first-order valence-corrected chi connectivity index (χ1v) is 13.9. The lowest BCUT2D eigenvalue weighted by Crippen LogP contribution is -2.67. The van der Waals surface area contributed by atoms with Crippen molar-refractivity contribution in [2.75, 3.05) is 31.1 Å². The molecule has 10 heteroatoms. The Morgan fingerprint density at radius 3 is 2.31 bits per heavy atom. The Labute approximate surface area is 227 Å². The number of hydrogen-bond acceptors (Lipinski definition) is 6. The minimum Gasteiger partial charge on any atom is -0.368 e. The molecule has 0 radical (unpaired) electrons. The summed E-state index contributed by atoms with van der Waals surface area (Å²) in [6, 6.07) is 12.8. The number of anilines is 1. The Morgan fingerprint density at radius 1 is 0.923 bits per heavy atom. The summed E-state index contributed by atoms with van der Waals surface area (Å²) in [6.07, 6.45) is 4.32. The van der Waals surface area contributed by atoms with E-state index in [1.165, 1.54) is 24.3 Å². The van der Waals surface area contributed by atoms with Gasteiger partial charge in [0.05, 0.1) is 5.92 Å². The predicted octanol–water partition coefficient (Wildman–Crippen LogP) is 3.50. The highest BCUT2D eigenvalue weighted by atomic mass is 19.1. The molecule has 3 heterocycles. The number of rotatable bonds is 6. The van der Waals surface area contributed by atoms with Crippen molar-refractivity contribution in [1.29, 1.82) is 0 Å². The van der Waals surface area contributed by atoms with Crippen LogP contribution in [0.1, 0.15) is 44.1 Å². The molecule has 1 N–H and O–H groups in total. The van der Waals surface area contributed by atoms with Crippen molar-refractivity contribution >= 4 is 23.3 Å².